The van der Waals surface area contributed by atoms with Gasteiger partial charge >= 0.3 is 10.2 Å². The van der Waals surface area contributed by atoms with E-state index in [2.05, 4.69) is 9.97 Å². The van der Waals surface area contributed by atoms with Crippen molar-refractivity contribution in [1.82, 2.24) is 18.2 Å². The van der Waals surface area contributed by atoms with Crippen molar-refractivity contribution in [3.05, 3.63) is 23.1 Å². The maximum absolute atomic E-state index is 12.0. The zero-order chi connectivity index (χ0) is 12.8. The lowest BCUT2D eigenvalue weighted by Crippen LogP contribution is -2.28. The summed E-state index contributed by atoms with van der Waals surface area (Å²) in [6, 6.07) is 0. The van der Waals surface area contributed by atoms with Crippen molar-refractivity contribution in [3.8, 4) is 0 Å². The average Bonchev–Trinajstić information content (AvgIpc) is 2.56. The number of nitrogens with zero attached hydrogens (tertiary/aromatic N) is 4. The van der Waals surface area contributed by atoms with Crippen LogP contribution in [0, 0.1) is 6.92 Å². The Labute approximate surface area is 104 Å². The molecule has 0 radical (unpaired) electrons. The molecule has 0 fully saturated rings. The van der Waals surface area contributed by atoms with Gasteiger partial charge in [-0.25, -0.2) is 13.9 Å². The van der Waals surface area contributed by atoms with Crippen LogP contribution in [0.15, 0.2) is 12.4 Å². The van der Waals surface area contributed by atoms with E-state index < -0.39 is 10.2 Å². The number of rotatable bonds is 2. The first-order valence-corrected chi connectivity index (χ1v) is 6.54. The molecule has 0 N–H and O–H groups in total. The van der Waals surface area contributed by atoms with Crippen LogP contribution in [0.25, 0.3) is 11.2 Å². The molecule has 92 valence electrons. The average molecular weight is 275 g/mol. The Balaban J connectivity index is 2.82. The molecular formula is C9H11ClN4O2S. The zero-order valence-electron chi connectivity index (χ0n) is 9.55. The summed E-state index contributed by atoms with van der Waals surface area (Å²) in [5.41, 5.74) is 1.48. The minimum absolute atomic E-state index is 0.237. The summed E-state index contributed by atoms with van der Waals surface area (Å²) in [5.74, 6) is 0. The topological polar surface area (TPSA) is 68.1 Å². The van der Waals surface area contributed by atoms with Crippen LogP contribution in [0.1, 0.15) is 5.56 Å². The smallest absolute Gasteiger partial charge is 0.233 e. The van der Waals surface area contributed by atoms with E-state index in [1.807, 2.05) is 0 Å². The van der Waals surface area contributed by atoms with E-state index in [0.717, 1.165) is 8.28 Å². The Kier molecular flexibility index (Phi) is 2.84. The number of aromatic nitrogens is 3. The summed E-state index contributed by atoms with van der Waals surface area (Å²) in [7, 11) is -0.675. The van der Waals surface area contributed by atoms with Crippen molar-refractivity contribution in [3.63, 3.8) is 0 Å². The van der Waals surface area contributed by atoms with Crippen molar-refractivity contribution in [2.24, 2.45) is 0 Å². The molecule has 0 saturated carbocycles. The van der Waals surface area contributed by atoms with E-state index in [1.165, 1.54) is 26.5 Å². The Morgan fingerprint density at radius 2 is 2.06 bits per heavy atom. The minimum Gasteiger partial charge on any atom is -0.233 e. The minimum atomic E-state index is -3.59. The Hall–Kier alpha value is -1.18. The van der Waals surface area contributed by atoms with Gasteiger partial charge in [-0.05, 0) is 12.5 Å². The molecule has 0 unspecified atom stereocenters. The molecule has 0 aliphatic carbocycles. The highest BCUT2D eigenvalue weighted by atomic mass is 35.5. The van der Waals surface area contributed by atoms with Gasteiger partial charge in [-0.1, -0.05) is 11.6 Å². The van der Waals surface area contributed by atoms with E-state index in [-0.39, 0.29) is 10.8 Å². The molecule has 0 bridgehead atoms. The van der Waals surface area contributed by atoms with Crippen LogP contribution < -0.4 is 0 Å². The molecule has 8 heteroatoms. The molecule has 0 aliphatic rings. The molecule has 0 aliphatic heterocycles. The second kappa shape index (κ2) is 3.94. The summed E-state index contributed by atoms with van der Waals surface area (Å²) in [5, 5.41) is 0.237. The van der Waals surface area contributed by atoms with E-state index >= 15 is 0 Å². The standard InChI is InChI=1S/C9H11ClN4O2S/c1-6-5-14(17(15,16)13(2)3)9-8(6)12-7(10)4-11-9/h4-5H,1-3H3. The molecule has 2 aromatic rings. The van der Waals surface area contributed by atoms with Crippen LogP contribution in [0.2, 0.25) is 5.15 Å². The number of fused-ring (bicyclic) bond motifs is 1. The van der Waals surface area contributed by atoms with E-state index in [1.54, 1.807) is 6.92 Å². The van der Waals surface area contributed by atoms with Gasteiger partial charge in [-0.15, -0.1) is 0 Å². The summed E-state index contributed by atoms with van der Waals surface area (Å²) in [6.45, 7) is 1.76. The number of hydrogen-bond acceptors (Lipinski definition) is 4. The number of aryl methyl sites for hydroxylation is 1. The molecule has 2 aromatic heterocycles. The SMILES string of the molecule is Cc1cn(S(=O)(=O)N(C)C)c2ncc(Cl)nc12. The predicted octanol–water partition coefficient (Wildman–Crippen LogP) is 1.05. The molecule has 0 amide bonds. The van der Waals surface area contributed by atoms with Crippen LogP contribution in [-0.2, 0) is 10.2 Å². The van der Waals surface area contributed by atoms with E-state index in [4.69, 9.17) is 11.6 Å². The highest BCUT2D eigenvalue weighted by Crippen LogP contribution is 2.20. The fraction of sp³-hybridized carbons (Fsp3) is 0.333. The van der Waals surface area contributed by atoms with Gasteiger partial charge in [0.15, 0.2) is 5.65 Å². The first-order chi connectivity index (χ1) is 7.84. The van der Waals surface area contributed by atoms with Crippen molar-refractivity contribution in [2.75, 3.05) is 14.1 Å². The van der Waals surface area contributed by atoms with Crippen molar-refractivity contribution in [2.45, 2.75) is 6.92 Å². The van der Waals surface area contributed by atoms with Crippen molar-refractivity contribution < 1.29 is 8.42 Å². The molecular weight excluding hydrogens is 264 g/mol. The molecule has 2 rings (SSSR count). The second-order valence-electron chi connectivity index (χ2n) is 3.76. The number of hydrogen-bond donors (Lipinski definition) is 0. The van der Waals surface area contributed by atoms with Crippen LogP contribution in [0.5, 0.6) is 0 Å². The fourth-order valence-corrected chi connectivity index (χ4v) is 2.57. The summed E-state index contributed by atoms with van der Waals surface area (Å²) in [4.78, 5) is 8.08. The second-order valence-corrected chi connectivity index (χ2v) is 6.17. The molecule has 0 atom stereocenters. The highest BCUT2D eigenvalue weighted by molar-refractivity contribution is 7.87. The Morgan fingerprint density at radius 1 is 1.41 bits per heavy atom. The maximum Gasteiger partial charge on any atom is 0.308 e. The van der Waals surface area contributed by atoms with Crippen LogP contribution in [0.3, 0.4) is 0 Å². The highest BCUT2D eigenvalue weighted by Gasteiger charge is 2.21. The molecule has 0 saturated heterocycles. The van der Waals surface area contributed by atoms with Crippen LogP contribution >= 0.6 is 11.6 Å². The van der Waals surface area contributed by atoms with Gasteiger partial charge in [0.2, 0.25) is 0 Å². The lowest BCUT2D eigenvalue weighted by atomic mass is 10.3. The summed E-state index contributed by atoms with van der Waals surface area (Å²) < 4.78 is 26.3. The van der Waals surface area contributed by atoms with Gasteiger partial charge in [0.25, 0.3) is 0 Å². The van der Waals surface area contributed by atoms with Gasteiger partial charge in [0.1, 0.15) is 10.7 Å². The van der Waals surface area contributed by atoms with Gasteiger partial charge in [-0.3, -0.25) is 0 Å². The largest absolute Gasteiger partial charge is 0.308 e. The van der Waals surface area contributed by atoms with Crippen molar-refractivity contribution in [1.29, 1.82) is 0 Å². The lowest BCUT2D eigenvalue weighted by Gasteiger charge is -2.12. The first-order valence-electron chi connectivity index (χ1n) is 4.77. The fourth-order valence-electron chi connectivity index (χ4n) is 1.44. The van der Waals surface area contributed by atoms with E-state index in [9.17, 15) is 8.42 Å². The zero-order valence-corrected chi connectivity index (χ0v) is 11.1. The molecule has 2 heterocycles. The van der Waals surface area contributed by atoms with Gasteiger partial charge in [-0.2, -0.15) is 12.7 Å². The molecule has 0 aromatic carbocycles. The normalized spacial score (nSPS) is 12.5. The van der Waals surface area contributed by atoms with Gasteiger partial charge < -0.3 is 0 Å². The lowest BCUT2D eigenvalue weighted by molar-refractivity contribution is 0.512. The third-order valence-electron chi connectivity index (χ3n) is 2.33. The summed E-state index contributed by atoms with van der Waals surface area (Å²) >= 11 is 5.73. The Morgan fingerprint density at radius 3 is 2.65 bits per heavy atom. The maximum atomic E-state index is 12.0. The predicted molar refractivity (Wildman–Crippen MR) is 65.3 cm³/mol. The van der Waals surface area contributed by atoms with Gasteiger partial charge in [0.05, 0.1) is 6.20 Å². The molecule has 6 nitrogen and oxygen atoms in total. The van der Waals surface area contributed by atoms with Crippen LogP contribution in [-0.4, -0.2) is 40.8 Å². The van der Waals surface area contributed by atoms with Crippen molar-refractivity contribution >= 4 is 33.0 Å². The summed E-state index contributed by atoms with van der Waals surface area (Å²) in [6.07, 6.45) is 2.81. The van der Waals surface area contributed by atoms with Gasteiger partial charge in [0, 0.05) is 20.3 Å². The third-order valence-corrected chi connectivity index (χ3v) is 4.21. The van der Waals surface area contributed by atoms with Crippen LogP contribution in [0.4, 0.5) is 0 Å². The molecule has 17 heavy (non-hydrogen) atoms. The Bertz CT molecular complexity index is 678. The third kappa shape index (κ3) is 1.90. The monoisotopic (exact) mass is 274 g/mol. The number of halogens is 1. The van der Waals surface area contributed by atoms with E-state index in [0.29, 0.717) is 11.1 Å². The molecule has 0 spiro atoms. The quantitative estimate of drug-likeness (QED) is 0.821. The first kappa shape index (κ1) is 12.3.